The van der Waals surface area contributed by atoms with Gasteiger partial charge in [0.2, 0.25) is 0 Å². The fourth-order valence-corrected chi connectivity index (χ4v) is 3.86. The third-order valence-corrected chi connectivity index (χ3v) is 5.41. The van der Waals surface area contributed by atoms with Crippen LogP contribution in [-0.4, -0.2) is 15.3 Å². The Labute approximate surface area is 171 Å². The summed E-state index contributed by atoms with van der Waals surface area (Å²) in [5, 5.41) is 20.9. The van der Waals surface area contributed by atoms with E-state index in [1.807, 2.05) is 40.5 Å². The van der Waals surface area contributed by atoms with E-state index in [4.69, 9.17) is 5.26 Å². The van der Waals surface area contributed by atoms with Crippen LogP contribution in [-0.2, 0) is 0 Å². The lowest BCUT2D eigenvalue weighted by Crippen LogP contribution is -2.11. The number of carbonyl (C=O) groups is 1. The van der Waals surface area contributed by atoms with Crippen LogP contribution >= 0.6 is 11.3 Å². The van der Waals surface area contributed by atoms with Crippen LogP contribution < -0.4 is 0 Å². The standard InChI is InChI=1S/C23H14N4OS/c24-13-16-6-8-17(9-7-16)21-15-29-23(26-21)20(14-25)22(28)18-4-3-5-19(12-18)27-10-1-2-11-27/h1-12,15,20H. The maximum absolute atomic E-state index is 13.0. The Balaban J connectivity index is 1.62. The monoisotopic (exact) mass is 394 g/mol. The molecule has 0 fully saturated rings. The van der Waals surface area contributed by atoms with Gasteiger partial charge in [-0.05, 0) is 36.4 Å². The molecule has 0 saturated carbocycles. The zero-order chi connectivity index (χ0) is 20.2. The number of aromatic nitrogens is 2. The maximum atomic E-state index is 13.0. The first-order valence-corrected chi connectivity index (χ1v) is 9.71. The summed E-state index contributed by atoms with van der Waals surface area (Å²) in [6.45, 7) is 0. The molecule has 0 saturated heterocycles. The van der Waals surface area contributed by atoms with Crippen LogP contribution in [0.1, 0.15) is 26.8 Å². The lowest BCUT2D eigenvalue weighted by Gasteiger charge is -2.08. The quantitative estimate of drug-likeness (QED) is 0.448. The van der Waals surface area contributed by atoms with E-state index >= 15 is 0 Å². The number of rotatable bonds is 5. The van der Waals surface area contributed by atoms with Gasteiger partial charge in [0.05, 0.1) is 23.4 Å². The van der Waals surface area contributed by atoms with Crippen LogP contribution in [0, 0.1) is 22.7 Å². The summed E-state index contributed by atoms with van der Waals surface area (Å²) in [5.74, 6) is -1.24. The maximum Gasteiger partial charge on any atom is 0.187 e. The van der Waals surface area contributed by atoms with Gasteiger partial charge < -0.3 is 4.57 Å². The van der Waals surface area contributed by atoms with Crippen molar-refractivity contribution in [3.63, 3.8) is 0 Å². The second-order valence-electron chi connectivity index (χ2n) is 6.33. The molecule has 0 aliphatic heterocycles. The van der Waals surface area contributed by atoms with Gasteiger partial charge in [-0.1, -0.05) is 24.3 Å². The Bertz CT molecular complexity index is 1240. The number of carbonyl (C=O) groups excluding carboxylic acids is 1. The average Bonchev–Trinajstić information content (AvgIpc) is 3.47. The minimum absolute atomic E-state index is 0.276. The smallest absolute Gasteiger partial charge is 0.187 e. The zero-order valence-corrected chi connectivity index (χ0v) is 16.0. The Kier molecular flexibility index (Phi) is 5.03. The molecular formula is C23H14N4OS. The average molecular weight is 394 g/mol. The van der Waals surface area contributed by atoms with Gasteiger partial charge in [-0.3, -0.25) is 4.79 Å². The minimum atomic E-state index is -0.966. The minimum Gasteiger partial charge on any atom is -0.324 e. The number of hydrogen-bond acceptors (Lipinski definition) is 5. The van der Waals surface area contributed by atoms with Gasteiger partial charge in [0.15, 0.2) is 11.7 Å². The van der Waals surface area contributed by atoms with Gasteiger partial charge in [-0.2, -0.15) is 10.5 Å². The van der Waals surface area contributed by atoms with Crippen molar-refractivity contribution in [2.24, 2.45) is 0 Å². The van der Waals surface area contributed by atoms with Crippen molar-refractivity contribution in [2.45, 2.75) is 5.92 Å². The molecule has 5 nitrogen and oxygen atoms in total. The van der Waals surface area contributed by atoms with E-state index in [2.05, 4.69) is 17.1 Å². The third-order valence-electron chi connectivity index (χ3n) is 4.50. The van der Waals surface area contributed by atoms with Gasteiger partial charge in [-0.15, -0.1) is 11.3 Å². The SMILES string of the molecule is N#Cc1ccc(-c2csc(C(C#N)C(=O)c3cccc(-n4cccc4)c3)n2)cc1. The number of hydrogen-bond donors (Lipinski definition) is 0. The van der Waals surface area contributed by atoms with Crippen molar-refractivity contribution in [3.8, 4) is 29.1 Å². The number of thiazole rings is 1. The molecule has 0 bridgehead atoms. The molecule has 29 heavy (non-hydrogen) atoms. The fraction of sp³-hybridized carbons (Fsp3) is 0.0435. The van der Waals surface area contributed by atoms with E-state index in [-0.39, 0.29) is 5.78 Å². The highest BCUT2D eigenvalue weighted by molar-refractivity contribution is 7.10. The molecule has 2 aromatic carbocycles. The summed E-state index contributed by atoms with van der Waals surface area (Å²) < 4.78 is 1.91. The number of benzene rings is 2. The van der Waals surface area contributed by atoms with E-state index in [1.54, 1.807) is 42.5 Å². The van der Waals surface area contributed by atoms with Crippen LogP contribution in [0.5, 0.6) is 0 Å². The molecule has 1 unspecified atom stereocenters. The van der Waals surface area contributed by atoms with Crippen LogP contribution in [0.2, 0.25) is 0 Å². The first kappa shape index (κ1) is 18.4. The summed E-state index contributed by atoms with van der Waals surface area (Å²) in [6, 6.07) is 22.3. The van der Waals surface area contributed by atoms with E-state index in [9.17, 15) is 10.1 Å². The molecule has 2 aromatic heterocycles. The van der Waals surface area contributed by atoms with Crippen molar-refractivity contribution < 1.29 is 4.79 Å². The second-order valence-corrected chi connectivity index (χ2v) is 7.22. The molecule has 0 aliphatic rings. The Morgan fingerprint density at radius 3 is 2.48 bits per heavy atom. The van der Waals surface area contributed by atoms with Gasteiger partial charge >= 0.3 is 0 Å². The molecule has 6 heteroatoms. The molecule has 4 rings (SSSR count). The lowest BCUT2D eigenvalue weighted by molar-refractivity contribution is 0.0979. The summed E-state index contributed by atoms with van der Waals surface area (Å²) in [5.41, 5.74) is 3.42. The molecule has 2 heterocycles. The lowest BCUT2D eigenvalue weighted by atomic mass is 9.99. The van der Waals surface area contributed by atoms with Crippen LogP contribution in [0.4, 0.5) is 0 Å². The van der Waals surface area contributed by atoms with E-state index < -0.39 is 5.92 Å². The number of ketones is 1. The molecular weight excluding hydrogens is 380 g/mol. The summed E-state index contributed by atoms with van der Waals surface area (Å²) in [4.78, 5) is 17.5. The molecule has 0 aliphatic carbocycles. The van der Waals surface area contributed by atoms with E-state index in [1.165, 1.54) is 11.3 Å². The van der Waals surface area contributed by atoms with Crippen molar-refractivity contribution >= 4 is 17.1 Å². The molecule has 138 valence electrons. The summed E-state index contributed by atoms with van der Waals surface area (Å²) in [7, 11) is 0. The van der Waals surface area contributed by atoms with Crippen molar-refractivity contribution in [2.75, 3.05) is 0 Å². The molecule has 1 atom stereocenters. The number of nitriles is 2. The Morgan fingerprint density at radius 2 is 1.79 bits per heavy atom. The van der Waals surface area contributed by atoms with E-state index in [0.29, 0.717) is 21.8 Å². The third kappa shape index (κ3) is 3.70. The van der Waals surface area contributed by atoms with Crippen molar-refractivity contribution in [1.82, 2.24) is 9.55 Å². The second kappa shape index (κ2) is 7.93. The number of nitrogens with zero attached hydrogens (tertiary/aromatic N) is 4. The van der Waals surface area contributed by atoms with Crippen LogP contribution in [0.3, 0.4) is 0 Å². The molecule has 0 radical (unpaired) electrons. The highest BCUT2D eigenvalue weighted by Gasteiger charge is 2.25. The fourth-order valence-electron chi connectivity index (χ4n) is 2.99. The molecule has 0 spiro atoms. The van der Waals surface area contributed by atoms with E-state index in [0.717, 1.165) is 11.3 Å². The summed E-state index contributed by atoms with van der Waals surface area (Å²) >= 11 is 1.29. The van der Waals surface area contributed by atoms with Gasteiger partial charge in [0, 0.05) is 34.6 Å². The summed E-state index contributed by atoms with van der Waals surface area (Å²) in [6.07, 6.45) is 3.80. The van der Waals surface area contributed by atoms with Crippen molar-refractivity contribution in [3.05, 3.63) is 94.6 Å². The largest absolute Gasteiger partial charge is 0.324 e. The Hall–Kier alpha value is -4.00. The van der Waals surface area contributed by atoms with Crippen molar-refractivity contribution in [1.29, 1.82) is 10.5 Å². The van der Waals surface area contributed by atoms with Gasteiger partial charge in [0.25, 0.3) is 0 Å². The highest BCUT2D eigenvalue weighted by Crippen LogP contribution is 2.29. The highest BCUT2D eigenvalue weighted by atomic mass is 32.1. The first-order chi connectivity index (χ1) is 14.2. The number of Topliss-reactive ketones (excluding diaryl/α,β-unsaturated/α-hetero) is 1. The topological polar surface area (TPSA) is 82.5 Å². The Morgan fingerprint density at radius 1 is 1.03 bits per heavy atom. The zero-order valence-electron chi connectivity index (χ0n) is 15.2. The molecule has 4 aromatic rings. The normalized spacial score (nSPS) is 11.4. The van der Waals surface area contributed by atoms with Crippen LogP contribution in [0.25, 0.3) is 16.9 Å². The van der Waals surface area contributed by atoms with Crippen LogP contribution in [0.15, 0.2) is 78.4 Å². The first-order valence-electron chi connectivity index (χ1n) is 8.83. The predicted molar refractivity (Wildman–Crippen MR) is 111 cm³/mol. The molecule has 0 amide bonds. The predicted octanol–water partition coefficient (Wildman–Crippen LogP) is 4.96. The van der Waals surface area contributed by atoms with Gasteiger partial charge in [0.1, 0.15) is 5.01 Å². The van der Waals surface area contributed by atoms with Gasteiger partial charge in [-0.25, -0.2) is 4.98 Å². The molecule has 0 N–H and O–H groups in total.